The van der Waals surface area contributed by atoms with Crippen LogP contribution in [0.3, 0.4) is 0 Å². The summed E-state index contributed by atoms with van der Waals surface area (Å²) < 4.78 is 64.4. The molecule has 6 atom stereocenters. The summed E-state index contributed by atoms with van der Waals surface area (Å²) in [6.07, 6.45) is 6.33. The van der Waals surface area contributed by atoms with Crippen molar-refractivity contribution in [2.75, 3.05) is 0 Å². The summed E-state index contributed by atoms with van der Waals surface area (Å²) in [7, 11) is -8.02. The zero-order valence-corrected chi connectivity index (χ0v) is 20.8. The van der Waals surface area contributed by atoms with Crippen LogP contribution in [0.5, 0.6) is 0 Å². The minimum absolute atomic E-state index is 0.173. The molecule has 0 N–H and O–H groups in total. The molecule has 9 rings (SSSR count). The average molecular weight is 507 g/mol. The van der Waals surface area contributed by atoms with E-state index < -0.39 is 30.9 Å². The van der Waals surface area contributed by atoms with Crippen molar-refractivity contribution in [3.05, 3.63) is 70.5 Å². The minimum atomic E-state index is -4.01. The molecule has 0 radical (unpaired) electrons. The van der Waals surface area contributed by atoms with Gasteiger partial charge in [-0.25, -0.2) is 16.8 Å². The number of hydrogen-bond acceptors (Lipinski definition) is 5. The number of rotatable bonds is 4. The van der Waals surface area contributed by atoms with Crippen molar-refractivity contribution in [3.8, 4) is 0 Å². The minimum Gasteiger partial charge on any atom is -0.360 e. The molecule has 2 aromatic rings. The first-order chi connectivity index (χ1) is 16.8. The fraction of sp³-hybridized carbons (Fsp3) is 0.500. The van der Waals surface area contributed by atoms with E-state index in [1.54, 1.807) is 60.7 Å². The van der Waals surface area contributed by atoms with E-state index in [0.29, 0.717) is 11.8 Å². The van der Waals surface area contributed by atoms with Gasteiger partial charge in [0, 0.05) is 11.8 Å². The molecule has 1 saturated heterocycles. The van der Waals surface area contributed by atoms with E-state index in [2.05, 4.69) is 0 Å². The second-order valence-electron chi connectivity index (χ2n) is 12.1. The van der Waals surface area contributed by atoms with Gasteiger partial charge in [-0.05, 0) is 85.5 Å². The van der Waals surface area contributed by atoms with Crippen LogP contribution in [0.25, 0.3) is 0 Å². The summed E-state index contributed by atoms with van der Waals surface area (Å²) in [6.45, 7) is 0. The predicted molar refractivity (Wildman–Crippen MR) is 127 cm³/mol. The molecule has 5 saturated carbocycles. The Morgan fingerprint density at radius 1 is 0.600 bits per heavy atom. The molecule has 35 heavy (non-hydrogen) atoms. The third kappa shape index (κ3) is 1.82. The smallest absolute Gasteiger partial charge is 0.204 e. The first kappa shape index (κ1) is 20.1. The maximum Gasteiger partial charge on any atom is 0.204 e. The van der Waals surface area contributed by atoms with Crippen molar-refractivity contribution >= 4 is 19.7 Å². The van der Waals surface area contributed by atoms with E-state index in [0.717, 1.165) is 25.7 Å². The maximum atomic E-state index is 14.4. The molecule has 7 aliphatic rings. The lowest BCUT2D eigenvalue weighted by Gasteiger charge is -2.33. The highest BCUT2D eigenvalue weighted by atomic mass is 32.2. The van der Waals surface area contributed by atoms with E-state index in [1.807, 2.05) is 0 Å². The van der Waals surface area contributed by atoms with Gasteiger partial charge in [0.2, 0.25) is 19.7 Å². The molecule has 0 unspecified atom stereocenters. The quantitative estimate of drug-likeness (QED) is 0.570. The molecule has 1 aliphatic heterocycles. The van der Waals surface area contributed by atoms with Crippen molar-refractivity contribution in [1.82, 2.24) is 0 Å². The predicted octanol–water partition coefficient (Wildman–Crippen LogP) is 4.51. The summed E-state index contributed by atoms with van der Waals surface area (Å²) in [6, 6.07) is 16.8. The molecular weight excluding hydrogens is 480 g/mol. The van der Waals surface area contributed by atoms with Crippen LogP contribution < -0.4 is 0 Å². The second kappa shape index (κ2) is 5.48. The fourth-order valence-electron chi connectivity index (χ4n) is 10.2. The van der Waals surface area contributed by atoms with Crippen LogP contribution in [0.15, 0.2) is 80.3 Å². The molecule has 7 heteroatoms. The van der Waals surface area contributed by atoms with Crippen LogP contribution in [-0.2, 0) is 24.4 Å². The van der Waals surface area contributed by atoms with E-state index in [9.17, 15) is 16.8 Å². The van der Waals surface area contributed by atoms with Crippen LogP contribution in [0, 0.1) is 34.5 Å². The Morgan fingerprint density at radius 3 is 1.37 bits per heavy atom. The zero-order chi connectivity index (χ0) is 23.6. The monoisotopic (exact) mass is 506 g/mol. The van der Waals surface area contributed by atoms with Gasteiger partial charge in [0.15, 0.2) is 0 Å². The lowest BCUT2D eigenvalue weighted by atomic mass is 9.73. The standard InChI is InChI=1S/C28H26O5S2/c29-34(30,17-7-3-1-4-8-17)21-22(35(31,32)18-9-5-2-6-10-18)24-26(15-16-26)23(21)27-19-11-12-20(25(19)13-14-25)28(24,27)33-27/h1-10,19-20,23-24H,11-16H2/t19-,20-,23-,24-,27+,28+/m0/s1. The molecule has 2 aromatic carbocycles. The van der Waals surface area contributed by atoms with Crippen molar-refractivity contribution in [2.24, 2.45) is 34.5 Å². The van der Waals surface area contributed by atoms with E-state index >= 15 is 0 Å². The highest BCUT2D eigenvalue weighted by molar-refractivity contribution is 7.99. The molecule has 6 fully saturated rings. The molecule has 0 aromatic heterocycles. The van der Waals surface area contributed by atoms with Crippen molar-refractivity contribution in [2.45, 2.75) is 59.5 Å². The van der Waals surface area contributed by atoms with Gasteiger partial charge in [0.05, 0.1) is 19.6 Å². The molecule has 180 valence electrons. The van der Waals surface area contributed by atoms with Crippen molar-refractivity contribution < 1.29 is 21.6 Å². The lowest BCUT2D eigenvalue weighted by Crippen LogP contribution is -2.41. The van der Waals surface area contributed by atoms with Gasteiger partial charge in [0.1, 0.15) is 11.2 Å². The Kier molecular flexibility index (Phi) is 3.15. The van der Waals surface area contributed by atoms with E-state index in [-0.39, 0.29) is 42.3 Å². The topological polar surface area (TPSA) is 80.8 Å². The Labute approximate surface area is 205 Å². The summed E-state index contributed by atoms with van der Waals surface area (Å²) in [5.74, 6) is 0.0572. The lowest BCUT2D eigenvalue weighted by molar-refractivity contribution is 0.0112. The van der Waals surface area contributed by atoms with Crippen LogP contribution in [0.4, 0.5) is 0 Å². The van der Waals surface area contributed by atoms with Gasteiger partial charge in [-0.15, -0.1) is 0 Å². The van der Waals surface area contributed by atoms with Gasteiger partial charge in [0.25, 0.3) is 0 Å². The van der Waals surface area contributed by atoms with Crippen LogP contribution in [0.2, 0.25) is 0 Å². The number of ether oxygens (including phenoxy) is 1. The summed E-state index contributed by atoms with van der Waals surface area (Å²) in [5, 5.41) is 0. The SMILES string of the molecule is O=S(=O)(C1=C(S(=O)(=O)c2ccccc2)[C@H]2C3(CC3)[C@H]1[C@@]13O[C@]21[C@H]1CC[C@H]3C12CC2)c1ccccc1. The van der Waals surface area contributed by atoms with Crippen LogP contribution in [0.1, 0.15) is 38.5 Å². The zero-order valence-electron chi connectivity index (χ0n) is 19.2. The normalized spacial score (nSPS) is 41.9. The van der Waals surface area contributed by atoms with Gasteiger partial charge in [-0.1, -0.05) is 36.4 Å². The molecular formula is C28H26O5S2. The molecule has 4 bridgehead atoms. The maximum absolute atomic E-state index is 14.4. The van der Waals surface area contributed by atoms with E-state index in [1.165, 1.54) is 12.8 Å². The average Bonchev–Trinajstić information content (AvgIpc) is 3.79. The Hall–Kier alpha value is -1.96. The van der Waals surface area contributed by atoms with Gasteiger partial charge in [-0.2, -0.15) is 0 Å². The first-order valence-electron chi connectivity index (χ1n) is 12.8. The van der Waals surface area contributed by atoms with E-state index in [4.69, 9.17) is 4.74 Å². The molecule has 1 heterocycles. The summed E-state index contributed by atoms with van der Waals surface area (Å²) >= 11 is 0. The Balaban J connectivity index is 1.37. The highest BCUT2D eigenvalue weighted by Crippen LogP contribution is 2.98. The third-order valence-corrected chi connectivity index (χ3v) is 15.2. The molecule has 5 nitrogen and oxygen atoms in total. The number of epoxide rings is 1. The fourth-order valence-corrected chi connectivity index (χ4v) is 14.6. The highest BCUT2D eigenvalue weighted by Gasteiger charge is 3.04. The summed E-state index contributed by atoms with van der Waals surface area (Å²) in [5.41, 5.74) is -0.955. The van der Waals surface area contributed by atoms with Gasteiger partial charge >= 0.3 is 0 Å². The van der Waals surface area contributed by atoms with Crippen molar-refractivity contribution in [3.63, 3.8) is 0 Å². The number of sulfone groups is 2. The van der Waals surface area contributed by atoms with Crippen LogP contribution in [-0.4, -0.2) is 28.0 Å². The van der Waals surface area contributed by atoms with Gasteiger partial charge < -0.3 is 4.74 Å². The third-order valence-electron chi connectivity index (χ3n) is 11.2. The Bertz CT molecular complexity index is 1470. The second-order valence-corrected chi connectivity index (χ2v) is 15.9. The molecule has 6 aliphatic carbocycles. The summed E-state index contributed by atoms with van der Waals surface area (Å²) in [4.78, 5) is 0.718. The molecule has 2 spiro atoms. The number of benzene rings is 2. The number of hydrogen-bond donors (Lipinski definition) is 0. The molecule has 0 amide bonds. The first-order valence-corrected chi connectivity index (χ1v) is 15.8. The van der Waals surface area contributed by atoms with Crippen molar-refractivity contribution in [1.29, 1.82) is 0 Å². The van der Waals surface area contributed by atoms with Gasteiger partial charge in [-0.3, -0.25) is 0 Å². The Morgan fingerprint density at radius 2 is 1.00 bits per heavy atom. The largest absolute Gasteiger partial charge is 0.360 e. The van der Waals surface area contributed by atoms with Crippen LogP contribution >= 0.6 is 0 Å².